The van der Waals surface area contributed by atoms with Gasteiger partial charge in [-0.2, -0.15) is 5.26 Å². The van der Waals surface area contributed by atoms with Crippen molar-refractivity contribution in [3.05, 3.63) is 35.6 Å². The average Bonchev–Trinajstić information content (AvgIpc) is 2.05. The van der Waals surface area contributed by atoms with Gasteiger partial charge in [-0.1, -0.05) is 12.1 Å². The van der Waals surface area contributed by atoms with Crippen molar-refractivity contribution in [2.45, 2.75) is 18.9 Å². The summed E-state index contributed by atoms with van der Waals surface area (Å²) in [4.78, 5) is 0. The van der Waals surface area contributed by atoms with E-state index in [0.29, 0.717) is 0 Å². The van der Waals surface area contributed by atoms with Crippen LogP contribution in [0.25, 0.3) is 0 Å². The molecule has 0 radical (unpaired) electrons. The van der Waals surface area contributed by atoms with Crippen LogP contribution in [0.2, 0.25) is 0 Å². The number of rotatable bonds is 2. The summed E-state index contributed by atoms with van der Waals surface area (Å²) in [6.07, 6.45) is 0.221. The lowest BCUT2D eigenvalue weighted by Gasteiger charge is -2.21. The zero-order valence-electron chi connectivity index (χ0n) is 7.42. The maximum atomic E-state index is 12.6. The molecule has 0 fully saturated rings. The monoisotopic (exact) mass is 178 g/mol. The van der Waals surface area contributed by atoms with Gasteiger partial charge in [0, 0.05) is 0 Å². The van der Waals surface area contributed by atoms with Crippen LogP contribution in [-0.2, 0) is 5.54 Å². The maximum absolute atomic E-state index is 12.6. The van der Waals surface area contributed by atoms with Gasteiger partial charge in [0.1, 0.15) is 5.82 Å². The van der Waals surface area contributed by atoms with Crippen molar-refractivity contribution in [2.24, 2.45) is 5.73 Å². The summed E-state index contributed by atoms with van der Waals surface area (Å²) in [5, 5.41) is 8.51. The summed E-state index contributed by atoms with van der Waals surface area (Å²) >= 11 is 0. The van der Waals surface area contributed by atoms with Gasteiger partial charge in [0.2, 0.25) is 0 Å². The van der Waals surface area contributed by atoms with Gasteiger partial charge in [-0.15, -0.1) is 0 Å². The molecule has 0 amide bonds. The van der Waals surface area contributed by atoms with Crippen LogP contribution < -0.4 is 5.73 Å². The van der Waals surface area contributed by atoms with Crippen LogP contribution in [0.15, 0.2) is 24.3 Å². The second-order valence-corrected chi connectivity index (χ2v) is 3.26. The largest absolute Gasteiger partial charge is 0.321 e. The molecule has 0 saturated heterocycles. The van der Waals surface area contributed by atoms with Gasteiger partial charge in [-0.05, 0) is 24.6 Å². The van der Waals surface area contributed by atoms with Crippen molar-refractivity contribution >= 4 is 0 Å². The predicted octanol–water partition coefficient (Wildman–Crippen LogP) is 1.91. The quantitative estimate of drug-likeness (QED) is 0.752. The summed E-state index contributed by atoms with van der Waals surface area (Å²) in [5.74, 6) is -0.295. The molecule has 3 heteroatoms. The SMILES string of the molecule is C[C@](N)(CC#N)c1ccc(F)cc1. The Kier molecular flexibility index (Phi) is 2.64. The van der Waals surface area contributed by atoms with Crippen molar-refractivity contribution in [3.8, 4) is 6.07 Å². The van der Waals surface area contributed by atoms with E-state index in [1.54, 1.807) is 19.1 Å². The van der Waals surface area contributed by atoms with E-state index >= 15 is 0 Å². The molecule has 0 aromatic heterocycles. The van der Waals surface area contributed by atoms with E-state index < -0.39 is 5.54 Å². The Bertz CT molecular complexity index is 322. The molecule has 0 aliphatic rings. The smallest absolute Gasteiger partial charge is 0.123 e. The molecule has 1 aromatic rings. The fourth-order valence-corrected chi connectivity index (χ4v) is 1.10. The van der Waals surface area contributed by atoms with Crippen molar-refractivity contribution in [1.29, 1.82) is 5.26 Å². The zero-order valence-corrected chi connectivity index (χ0v) is 7.42. The Hall–Kier alpha value is -1.40. The van der Waals surface area contributed by atoms with E-state index in [2.05, 4.69) is 0 Å². The van der Waals surface area contributed by atoms with Crippen molar-refractivity contribution < 1.29 is 4.39 Å². The molecular formula is C10H11FN2. The Balaban J connectivity index is 2.95. The van der Waals surface area contributed by atoms with Gasteiger partial charge in [-0.3, -0.25) is 0 Å². The molecule has 1 aromatic carbocycles. The molecule has 0 aliphatic carbocycles. The second-order valence-electron chi connectivity index (χ2n) is 3.26. The average molecular weight is 178 g/mol. The maximum Gasteiger partial charge on any atom is 0.123 e. The summed E-state index contributed by atoms with van der Waals surface area (Å²) in [7, 11) is 0. The molecular weight excluding hydrogens is 167 g/mol. The fraction of sp³-hybridized carbons (Fsp3) is 0.300. The first kappa shape index (κ1) is 9.69. The molecule has 0 heterocycles. The Labute approximate surface area is 76.8 Å². The normalized spacial score (nSPS) is 14.6. The van der Waals surface area contributed by atoms with Crippen LogP contribution in [-0.4, -0.2) is 0 Å². The molecule has 13 heavy (non-hydrogen) atoms. The minimum absolute atomic E-state index is 0.221. The van der Waals surface area contributed by atoms with Crippen LogP contribution in [0, 0.1) is 17.1 Å². The van der Waals surface area contributed by atoms with Crippen molar-refractivity contribution in [2.75, 3.05) is 0 Å². The highest BCUT2D eigenvalue weighted by molar-refractivity contribution is 5.24. The molecule has 0 unspecified atom stereocenters. The second kappa shape index (κ2) is 3.55. The number of hydrogen-bond donors (Lipinski definition) is 1. The van der Waals surface area contributed by atoms with Gasteiger partial charge in [0.05, 0.1) is 18.0 Å². The van der Waals surface area contributed by atoms with Gasteiger partial charge < -0.3 is 5.73 Å². The third-order valence-electron chi connectivity index (χ3n) is 1.95. The fourth-order valence-electron chi connectivity index (χ4n) is 1.10. The molecule has 1 rings (SSSR count). The van der Waals surface area contributed by atoms with Gasteiger partial charge >= 0.3 is 0 Å². The summed E-state index contributed by atoms with van der Waals surface area (Å²) in [6, 6.07) is 7.90. The molecule has 0 spiro atoms. The molecule has 0 aliphatic heterocycles. The van der Waals surface area contributed by atoms with Gasteiger partial charge in [-0.25, -0.2) is 4.39 Å². The number of benzene rings is 1. The van der Waals surface area contributed by atoms with E-state index in [-0.39, 0.29) is 12.2 Å². The molecule has 2 N–H and O–H groups in total. The lowest BCUT2D eigenvalue weighted by atomic mass is 9.90. The summed E-state index contributed by atoms with van der Waals surface area (Å²) in [5.41, 5.74) is 5.94. The first-order valence-electron chi connectivity index (χ1n) is 3.98. The highest BCUT2D eigenvalue weighted by atomic mass is 19.1. The number of nitriles is 1. The summed E-state index contributed by atoms with van der Waals surface area (Å²) < 4.78 is 12.6. The molecule has 1 atom stereocenters. The summed E-state index contributed by atoms with van der Waals surface area (Å²) in [6.45, 7) is 1.75. The number of halogens is 1. The van der Waals surface area contributed by atoms with Crippen LogP contribution >= 0.6 is 0 Å². The topological polar surface area (TPSA) is 49.8 Å². The standard InChI is InChI=1S/C10H11FN2/c1-10(13,6-7-12)8-2-4-9(11)5-3-8/h2-5H,6,13H2,1H3/t10-/m0/s1. The van der Waals surface area contributed by atoms with Crippen LogP contribution in [0.5, 0.6) is 0 Å². The lowest BCUT2D eigenvalue weighted by molar-refractivity contribution is 0.505. The number of nitrogens with two attached hydrogens (primary N) is 1. The van der Waals surface area contributed by atoms with Crippen LogP contribution in [0.1, 0.15) is 18.9 Å². The highest BCUT2D eigenvalue weighted by Gasteiger charge is 2.20. The van der Waals surface area contributed by atoms with E-state index in [1.165, 1.54) is 12.1 Å². The lowest BCUT2D eigenvalue weighted by Crippen LogP contribution is -2.32. The number of hydrogen-bond acceptors (Lipinski definition) is 2. The Morgan fingerprint density at radius 3 is 2.46 bits per heavy atom. The van der Waals surface area contributed by atoms with E-state index in [0.717, 1.165) is 5.56 Å². The van der Waals surface area contributed by atoms with Crippen molar-refractivity contribution in [3.63, 3.8) is 0 Å². The molecule has 0 saturated carbocycles. The van der Waals surface area contributed by atoms with Gasteiger partial charge in [0.25, 0.3) is 0 Å². The molecule has 68 valence electrons. The predicted molar refractivity (Wildman–Crippen MR) is 48.2 cm³/mol. The first-order valence-corrected chi connectivity index (χ1v) is 3.98. The number of nitrogens with zero attached hydrogens (tertiary/aromatic N) is 1. The minimum atomic E-state index is -0.692. The third kappa shape index (κ3) is 2.27. The van der Waals surface area contributed by atoms with E-state index in [1.807, 2.05) is 6.07 Å². The molecule has 2 nitrogen and oxygen atoms in total. The van der Waals surface area contributed by atoms with E-state index in [4.69, 9.17) is 11.0 Å². The third-order valence-corrected chi connectivity index (χ3v) is 1.95. The van der Waals surface area contributed by atoms with Crippen LogP contribution in [0.4, 0.5) is 4.39 Å². The Morgan fingerprint density at radius 1 is 1.46 bits per heavy atom. The molecule has 0 bridgehead atoms. The highest BCUT2D eigenvalue weighted by Crippen LogP contribution is 2.20. The van der Waals surface area contributed by atoms with Crippen molar-refractivity contribution in [1.82, 2.24) is 0 Å². The van der Waals surface area contributed by atoms with Crippen LogP contribution in [0.3, 0.4) is 0 Å². The van der Waals surface area contributed by atoms with E-state index in [9.17, 15) is 4.39 Å². The Morgan fingerprint density at radius 2 is 2.00 bits per heavy atom. The first-order chi connectivity index (χ1) is 6.06. The minimum Gasteiger partial charge on any atom is -0.321 e. The zero-order chi connectivity index (χ0) is 9.90. The van der Waals surface area contributed by atoms with Gasteiger partial charge in [0.15, 0.2) is 0 Å².